The van der Waals surface area contributed by atoms with Gasteiger partial charge in [-0.1, -0.05) is 0 Å². The second-order valence-corrected chi connectivity index (χ2v) is 7.91. The Bertz CT molecular complexity index is 1200. The molecule has 0 spiro atoms. The van der Waals surface area contributed by atoms with Crippen molar-refractivity contribution in [1.29, 1.82) is 5.26 Å². The SMILES string of the molecule is COc1cc(Nc2ccc(C(=O)NCC#N)c(NC3CCOCC3)n2)ccc1-c1cnn(C)c1. The molecule has 1 aliphatic heterocycles. The van der Waals surface area contributed by atoms with Crippen LogP contribution >= 0.6 is 0 Å². The molecule has 10 nitrogen and oxygen atoms in total. The molecule has 0 bridgehead atoms. The minimum absolute atomic E-state index is 0.0708. The normalized spacial score (nSPS) is 13.7. The molecule has 1 fully saturated rings. The van der Waals surface area contributed by atoms with Crippen LogP contribution in [0.15, 0.2) is 42.7 Å². The zero-order valence-electron chi connectivity index (χ0n) is 19.2. The summed E-state index contributed by atoms with van der Waals surface area (Å²) in [5, 5.41) is 22.3. The van der Waals surface area contributed by atoms with Crippen molar-refractivity contribution in [2.75, 3.05) is 37.5 Å². The summed E-state index contributed by atoms with van der Waals surface area (Å²) in [6.07, 6.45) is 5.37. The zero-order chi connectivity index (χ0) is 23.9. The van der Waals surface area contributed by atoms with E-state index in [0.29, 0.717) is 36.2 Å². The standard InChI is InChI=1S/C24H27N7O3/c1-31-15-16(14-27-31)19-4-3-18(13-21(19)33-2)28-22-6-5-20(24(32)26-10-9-25)23(30-22)29-17-7-11-34-12-8-17/h3-6,13-15,17H,7-8,10-12H2,1-2H3,(H,26,32)(H2,28,29,30). The molecule has 1 saturated heterocycles. The minimum atomic E-state index is -0.349. The third-order valence-corrected chi connectivity index (χ3v) is 5.52. The number of amides is 1. The smallest absolute Gasteiger partial charge is 0.255 e. The number of nitrogens with zero attached hydrogens (tertiary/aromatic N) is 4. The van der Waals surface area contributed by atoms with Crippen LogP contribution in [0.4, 0.5) is 17.3 Å². The molecule has 34 heavy (non-hydrogen) atoms. The lowest BCUT2D eigenvalue weighted by Gasteiger charge is -2.25. The van der Waals surface area contributed by atoms with Crippen molar-refractivity contribution in [2.24, 2.45) is 7.05 Å². The number of carbonyl (C=O) groups excluding carboxylic acids is 1. The highest BCUT2D eigenvalue weighted by atomic mass is 16.5. The van der Waals surface area contributed by atoms with Gasteiger partial charge in [-0.15, -0.1) is 0 Å². The first-order valence-corrected chi connectivity index (χ1v) is 11.0. The van der Waals surface area contributed by atoms with E-state index in [9.17, 15) is 4.79 Å². The van der Waals surface area contributed by atoms with Crippen LogP contribution in [0.25, 0.3) is 11.1 Å². The number of aromatic nitrogens is 3. The van der Waals surface area contributed by atoms with Crippen LogP contribution in [-0.4, -0.2) is 53.6 Å². The topological polar surface area (TPSA) is 126 Å². The van der Waals surface area contributed by atoms with Crippen molar-refractivity contribution in [2.45, 2.75) is 18.9 Å². The van der Waals surface area contributed by atoms with E-state index in [1.807, 2.05) is 37.5 Å². The van der Waals surface area contributed by atoms with Crippen LogP contribution < -0.4 is 20.7 Å². The summed E-state index contributed by atoms with van der Waals surface area (Å²) >= 11 is 0. The molecule has 3 aromatic rings. The zero-order valence-corrected chi connectivity index (χ0v) is 19.2. The van der Waals surface area contributed by atoms with Gasteiger partial charge in [0, 0.05) is 55.4 Å². The Morgan fingerprint density at radius 2 is 2.12 bits per heavy atom. The van der Waals surface area contributed by atoms with Crippen molar-refractivity contribution in [3.63, 3.8) is 0 Å². The van der Waals surface area contributed by atoms with E-state index in [1.165, 1.54) is 0 Å². The molecule has 0 saturated carbocycles. The summed E-state index contributed by atoms with van der Waals surface area (Å²) in [6.45, 7) is 1.25. The van der Waals surface area contributed by atoms with E-state index < -0.39 is 0 Å². The third kappa shape index (κ3) is 5.44. The third-order valence-electron chi connectivity index (χ3n) is 5.52. The van der Waals surface area contributed by atoms with Crippen LogP contribution in [-0.2, 0) is 11.8 Å². The molecule has 2 aromatic heterocycles. The molecule has 1 aliphatic rings. The van der Waals surface area contributed by atoms with Crippen molar-refractivity contribution < 1.29 is 14.3 Å². The van der Waals surface area contributed by atoms with Crippen LogP contribution in [0.3, 0.4) is 0 Å². The van der Waals surface area contributed by atoms with Gasteiger partial charge in [-0.05, 0) is 37.1 Å². The van der Waals surface area contributed by atoms with Crippen LogP contribution in [0, 0.1) is 11.3 Å². The Morgan fingerprint density at radius 1 is 1.29 bits per heavy atom. The van der Waals surface area contributed by atoms with Crippen LogP contribution in [0.2, 0.25) is 0 Å². The first-order valence-electron chi connectivity index (χ1n) is 11.0. The second-order valence-electron chi connectivity index (χ2n) is 7.91. The Labute approximate surface area is 197 Å². The average molecular weight is 462 g/mol. The summed E-state index contributed by atoms with van der Waals surface area (Å²) in [6, 6.07) is 11.3. The number of hydrogen-bond acceptors (Lipinski definition) is 8. The number of hydrogen-bond donors (Lipinski definition) is 3. The van der Waals surface area contributed by atoms with Gasteiger partial charge in [0.2, 0.25) is 0 Å². The predicted octanol–water partition coefficient (Wildman–Crippen LogP) is 3.08. The fraction of sp³-hybridized carbons (Fsp3) is 0.333. The van der Waals surface area contributed by atoms with Gasteiger partial charge < -0.3 is 25.4 Å². The first kappa shape index (κ1) is 23.1. The number of methoxy groups -OCH3 is 1. The number of carbonyl (C=O) groups is 1. The fourth-order valence-corrected chi connectivity index (χ4v) is 3.79. The molecule has 1 amide bonds. The van der Waals surface area contributed by atoms with Gasteiger partial charge in [0.05, 0.1) is 24.9 Å². The lowest BCUT2D eigenvalue weighted by atomic mass is 10.1. The molecule has 1 aromatic carbocycles. The number of anilines is 3. The molecule has 176 valence electrons. The average Bonchev–Trinajstić information content (AvgIpc) is 3.29. The highest BCUT2D eigenvalue weighted by Gasteiger charge is 2.19. The fourth-order valence-electron chi connectivity index (χ4n) is 3.79. The minimum Gasteiger partial charge on any atom is -0.496 e. The molecule has 3 N–H and O–H groups in total. The number of nitrogens with one attached hydrogen (secondary N) is 3. The van der Waals surface area contributed by atoms with Crippen molar-refractivity contribution in [3.05, 3.63) is 48.3 Å². The van der Waals surface area contributed by atoms with Gasteiger partial charge in [-0.25, -0.2) is 4.98 Å². The van der Waals surface area contributed by atoms with E-state index in [1.54, 1.807) is 30.1 Å². The molecule has 0 radical (unpaired) electrons. The largest absolute Gasteiger partial charge is 0.496 e. The molecular formula is C24H27N7O3. The molecular weight excluding hydrogens is 434 g/mol. The number of pyridine rings is 1. The van der Waals surface area contributed by atoms with Gasteiger partial charge in [0.1, 0.15) is 23.9 Å². The maximum atomic E-state index is 12.6. The highest BCUT2D eigenvalue weighted by molar-refractivity contribution is 5.99. The van der Waals surface area contributed by atoms with Gasteiger partial charge >= 0.3 is 0 Å². The van der Waals surface area contributed by atoms with Gasteiger partial charge in [0.25, 0.3) is 5.91 Å². The molecule has 0 aliphatic carbocycles. The molecule has 4 rings (SSSR count). The maximum Gasteiger partial charge on any atom is 0.255 e. The van der Waals surface area contributed by atoms with Crippen LogP contribution in [0.1, 0.15) is 23.2 Å². The molecule has 3 heterocycles. The number of rotatable bonds is 8. The van der Waals surface area contributed by atoms with E-state index in [2.05, 4.69) is 26.0 Å². The Balaban J connectivity index is 1.59. The number of aryl methyl sites for hydroxylation is 1. The van der Waals surface area contributed by atoms with E-state index >= 15 is 0 Å². The van der Waals surface area contributed by atoms with E-state index in [4.69, 9.17) is 14.7 Å². The predicted molar refractivity (Wildman–Crippen MR) is 128 cm³/mol. The summed E-state index contributed by atoms with van der Waals surface area (Å²) in [5.41, 5.74) is 3.06. The van der Waals surface area contributed by atoms with Crippen molar-refractivity contribution in [3.8, 4) is 22.9 Å². The van der Waals surface area contributed by atoms with Crippen molar-refractivity contribution >= 4 is 23.2 Å². The quantitative estimate of drug-likeness (QED) is 0.437. The summed E-state index contributed by atoms with van der Waals surface area (Å²) in [4.78, 5) is 17.3. The lowest BCUT2D eigenvalue weighted by molar-refractivity contribution is 0.0903. The summed E-state index contributed by atoms with van der Waals surface area (Å²) in [7, 11) is 3.50. The highest BCUT2D eigenvalue weighted by Crippen LogP contribution is 2.33. The van der Waals surface area contributed by atoms with Crippen molar-refractivity contribution in [1.82, 2.24) is 20.1 Å². The number of nitriles is 1. The van der Waals surface area contributed by atoms with Gasteiger partial charge in [0.15, 0.2) is 0 Å². The molecule has 0 unspecified atom stereocenters. The second kappa shape index (κ2) is 10.7. The monoisotopic (exact) mass is 461 g/mol. The first-order chi connectivity index (χ1) is 16.6. The Kier molecular flexibility index (Phi) is 7.25. The Morgan fingerprint density at radius 3 is 2.82 bits per heavy atom. The van der Waals surface area contributed by atoms with Crippen LogP contribution in [0.5, 0.6) is 5.75 Å². The molecule has 0 atom stereocenters. The maximum absolute atomic E-state index is 12.6. The molecule has 10 heteroatoms. The van der Waals surface area contributed by atoms with Gasteiger partial charge in [-0.2, -0.15) is 10.4 Å². The van der Waals surface area contributed by atoms with E-state index in [0.717, 1.165) is 29.7 Å². The number of ether oxygens (including phenoxy) is 2. The van der Waals surface area contributed by atoms with E-state index in [-0.39, 0.29) is 18.5 Å². The summed E-state index contributed by atoms with van der Waals surface area (Å²) < 4.78 is 12.8. The lowest BCUT2D eigenvalue weighted by Crippen LogP contribution is -2.31. The number of benzene rings is 1. The van der Waals surface area contributed by atoms with Gasteiger partial charge in [-0.3, -0.25) is 9.48 Å². The Hall–Kier alpha value is -4.10. The summed E-state index contributed by atoms with van der Waals surface area (Å²) in [5.74, 6) is 1.39.